The predicted octanol–water partition coefficient (Wildman–Crippen LogP) is 5.39. The van der Waals surface area contributed by atoms with Crippen LogP contribution in [0.15, 0.2) is 72.8 Å². The van der Waals surface area contributed by atoms with Crippen molar-refractivity contribution in [1.29, 1.82) is 0 Å². The van der Waals surface area contributed by atoms with Crippen LogP contribution in [-0.2, 0) is 16.0 Å². The molecule has 0 atom stereocenters. The summed E-state index contributed by atoms with van der Waals surface area (Å²) in [5, 5.41) is 12.0. The van der Waals surface area contributed by atoms with Crippen LogP contribution in [0.2, 0.25) is 0 Å². The summed E-state index contributed by atoms with van der Waals surface area (Å²) in [6.45, 7) is 0. The number of hydrogen-bond donors (Lipinski definition) is 3. The number of amides is 3. The van der Waals surface area contributed by atoms with Crippen molar-refractivity contribution in [2.75, 3.05) is 5.32 Å². The van der Waals surface area contributed by atoms with E-state index >= 15 is 0 Å². The van der Waals surface area contributed by atoms with Crippen LogP contribution in [-0.4, -0.2) is 33.0 Å². The maximum absolute atomic E-state index is 13.5. The van der Waals surface area contributed by atoms with Gasteiger partial charge in [-0.15, -0.1) is 0 Å². The first-order valence-corrected chi connectivity index (χ1v) is 14.5. The van der Waals surface area contributed by atoms with Crippen LogP contribution in [0.1, 0.15) is 78.9 Å². The van der Waals surface area contributed by atoms with Gasteiger partial charge in [0.2, 0.25) is 11.8 Å². The van der Waals surface area contributed by atoms with E-state index in [0.717, 1.165) is 41.4 Å². The number of nitrogens with one attached hydrogen (secondary N) is 2. The Hall–Kier alpha value is -4.46. The Morgan fingerprint density at radius 2 is 1.63 bits per heavy atom. The molecular formula is C33H35N5O3. The normalized spacial score (nSPS) is 16.6. The number of fused-ring (bicyclic) bond motifs is 1. The molecule has 1 aromatic heterocycles. The molecule has 8 nitrogen and oxygen atoms in total. The Labute approximate surface area is 239 Å². The largest absolute Gasteiger partial charge is 0.369 e. The van der Waals surface area contributed by atoms with Gasteiger partial charge >= 0.3 is 0 Å². The fourth-order valence-corrected chi connectivity index (χ4v) is 6.17. The number of para-hydroxylation sites is 1. The van der Waals surface area contributed by atoms with E-state index in [1.54, 1.807) is 24.3 Å². The summed E-state index contributed by atoms with van der Waals surface area (Å²) >= 11 is 0. The molecule has 2 fully saturated rings. The van der Waals surface area contributed by atoms with Crippen molar-refractivity contribution < 1.29 is 14.4 Å². The molecule has 2 aliphatic carbocycles. The number of carbonyl (C=O) groups excluding carboxylic acids is 3. The standard InChI is InChI=1S/C33H35N5O3/c34-29(39)20-22-12-15-25(16-13-22)35-32(41)33(18-7-19-33)36-31(40)24-14-17-27-28(21-24)37-38(26-10-5-2-6-11-26)30(27)23-8-3-1-4-9-23/h2,5-6,10-17,21,23H,1,3-4,7-9,18-20H2,(H2,34,39)(H,35,41)(H,36,40). The monoisotopic (exact) mass is 549 g/mol. The van der Waals surface area contributed by atoms with Crippen molar-refractivity contribution in [2.24, 2.45) is 5.73 Å². The lowest BCUT2D eigenvalue weighted by Crippen LogP contribution is -2.61. The van der Waals surface area contributed by atoms with Crippen molar-refractivity contribution >= 4 is 34.3 Å². The van der Waals surface area contributed by atoms with E-state index in [0.29, 0.717) is 30.0 Å². The fourth-order valence-electron chi connectivity index (χ4n) is 6.17. The maximum atomic E-state index is 13.5. The van der Waals surface area contributed by atoms with Gasteiger partial charge in [-0.2, -0.15) is 5.10 Å². The number of primary amides is 1. The van der Waals surface area contributed by atoms with Gasteiger partial charge in [0.1, 0.15) is 5.54 Å². The molecule has 210 valence electrons. The molecule has 1 heterocycles. The highest BCUT2D eigenvalue weighted by Gasteiger charge is 2.45. The van der Waals surface area contributed by atoms with Gasteiger partial charge in [0.05, 0.1) is 23.3 Å². The molecule has 2 saturated carbocycles. The van der Waals surface area contributed by atoms with Crippen molar-refractivity contribution in [3.05, 3.63) is 89.6 Å². The minimum atomic E-state index is -0.964. The van der Waals surface area contributed by atoms with Crippen molar-refractivity contribution in [2.45, 2.75) is 69.2 Å². The topological polar surface area (TPSA) is 119 Å². The Kier molecular flexibility index (Phi) is 7.30. The first kappa shape index (κ1) is 26.7. The number of aromatic nitrogens is 2. The molecule has 4 N–H and O–H groups in total. The van der Waals surface area contributed by atoms with Crippen LogP contribution < -0.4 is 16.4 Å². The van der Waals surface area contributed by atoms with Gasteiger partial charge in [-0.3, -0.25) is 14.4 Å². The van der Waals surface area contributed by atoms with Crippen LogP contribution in [0.25, 0.3) is 16.6 Å². The van der Waals surface area contributed by atoms with E-state index in [4.69, 9.17) is 10.8 Å². The van der Waals surface area contributed by atoms with Gasteiger partial charge in [-0.05, 0) is 74.1 Å². The summed E-state index contributed by atoms with van der Waals surface area (Å²) in [6.07, 6.45) is 8.13. The predicted molar refractivity (Wildman–Crippen MR) is 159 cm³/mol. The molecule has 3 amide bonds. The molecule has 2 aliphatic rings. The third-order valence-electron chi connectivity index (χ3n) is 8.55. The van der Waals surface area contributed by atoms with Crippen LogP contribution in [0, 0.1) is 0 Å². The molecule has 0 radical (unpaired) electrons. The third-order valence-corrected chi connectivity index (χ3v) is 8.55. The zero-order valence-electron chi connectivity index (χ0n) is 23.1. The molecule has 0 saturated heterocycles. The zero-order chi connectivity index (χ0) is 28.4. The van der Waals surface area contributed by atoms with E-state index < -0.39 is 11.4 Å². The second kappa shape index (κ2) is 11.2. The van der Waals surface area contributed by atoms with E-state index in [2.05, 4.69) is 27.4 Å². The number of hydrogen-bond acceptors (Lipinski definition) is 4. The van der Waals surface area contributed by atoms with E-state index in [-0.39, 0.29) is 18.2 Å². The number of benzene rings is 3. The Morgan fingerprint density at radius 1 is 0.902 bits per heavy atom. The molecule has 0 spiro atoms. The number of nitrogens with zero attached hydrogens (tertiary/aromatic N) is 2. The van der Waals surface area contributed by atoms with Crippen molar-refractivity contribution in [1.82, 2.24) is 15.1 Å². The SMILES string of the molecule is NC(=O)Cc1ccc(NC(=O)C2(NC(=O)c3ccc4c(C5CCCCC5)n(-c5ccccc5)nc4c3)CCC2)cc1. The van der Waals surface area contributed by atoms with Crippen LogP contribution in [0.5, 0.6) is 0 Å². The van der Waals surface area contributed by atoms with E-state index in [9.17, 15) is 14.4 Å². The van der Waals surface area contributed by atoms with E-state index in [1.165, 1.54) is 25.0 Å². The molecule has 3 aromatic carbocycles. The Morgan fingerprint density at radius 3 is 2.29 bits per heavy atom. The molecule has 41 heavy (non-hydrogen) atoms. The summed E-state index contributed by atoms with van der Waals surface area (Å²) in [4.78, 5) is 38.0. The molecule has 0 bridgehead atoms. The minimum absolute atomic E-state index is 0.143. The first-order chi connectivity index (χ1) is 19.9. The van der Waals surface area contributed by atoms with Crippen LogP contribution >= 0.6 is 0 Å². The molecular weight excluding hydrogens is 514 g/mol. The summed E-state index contributed by atoms with van der Waals surface area (Å²) < 4.78 is 2.05. The average molecular weight is 550 g/mol. The number of rotatable bonds is 8. The summed E-state index contributed by atoms with van der Waals surface area (Å²) in [5.41, 5.74) is 9.19. The number of anilines is 1. The van der Waals surface area contributed by atoms with Gasteiger partial charge < -0.3 is 16.4 Å². The highest BCUT2D eigenvalue weighted by Crippen LogP contribution is 2.38. The van der Waals surface area contributed by atoms with Crippen molar-refractivity contribution in [3.63, 3.8) is 0 Å². The van der Waals surface area contributed by atoms with Gasteiger partial charge in [0, 0.05) is 22.6 Å². The summed E-state index contributed by atoms with van der Waals surface area (Å²) in [7, 11) is 0. The molecule has 4 aromatic rings. The van der Waals surface area contributed by atoms with Crippen LogP contribution in [0.4, 0.5) is 5.69 Å². The second-order valence-corrected chi connectivity index (χ2v) is 11.4. The van der Waals surface area contributed by atoms with Crippen LogP contribution in [0.3, 0.4) is 0 Å². The number of nitrogens with two attached hydrogens (primary N) is 1. The maximum Gasteiger partial charge on any atom is 0.252 e. The van der Waals surface area contributed by atoms with Gasteiger partial charge in [-0.25, -0.2) is 4.68 Å². The average Bonchev–Trinajstić information content (AvgIpc) is 3.35. The van der Waals surface area contributed by atoms with E-state index in [1.807, 2.05) is 36.4 Å². The lowest BCUT2D eigenvalue weighted by molar-refractivity contribution is -0.125. The fraction of sp³-hybridized carbons (Fsp3) is 0.333. The smallest absolute Gasteiger partial charge is 0.252 e. The Balaban J connectivity index is 1.24. The lowest BCUT2D eigenvalue weighted by Gasteiger charge is -2.40. The highest BCUT2D eigenvalue weighted by atomic mass is 16.2. The second-order valence-electron chi connectivity index (χ2n) is 11.4. The van der Waals surface area contributed by atoms with Gasteiger partial charge in [-0.1, -0.05) is 55.7 Å². The quantitative estimate of drug-likeness (QED) is 0.273. The van der Waals surface area contributed by atoms with Crippen molar-refractivity contribution in [3.8, 4) is 5.69 Å². The molecule has 6 rings (SSSR count). The number of carbonyl (C=O) groups is 3. The third kappa shape index (κ3) is 5.46. The molecule has 0 aliphatic heterocycles. The Bertz CT molecular complexity index is 1580. The summed E-state index contributed by atoms with van der Waals surface area (Å²) in [5.74, 6) is -0.505. The molecule has 8 heteroatoms. The minimum Gasteiger partial charge on any atom is -0.369 e. The zero-order valence-corrected chi connectivity index (χ0v) is 23.1. The molecule has 0 unspecified atom stereocenters. The highest BCUT2D eigenvalue weighted by molar-refractivity contribution is 6.05. The summed E-state index contributed by atoms with van der Waals surface area (Å²) in [6, 6.07) is 22.9. The lowest BCUT2D eigenvalue weighted by atomic mass is 9.75. The van der Waals surface area contributed by atoms with Gasteiger partial charge in [0.15, 0.2) is 0 Å². The van der Waals surface area contributed by atoms with Gasteiger partial charge in [0.25, 0.3) is 5.91 Å². The first-order valence-electron chi connectivity index (χ1n) is 14.5.